The number of alkyl halides is 1. The van der Waals surface area contributed by atoms with Gasteiger partial charge in [0.15, 0.2) is 0 Å². The minimum absolute atomic E-state index is 0.0403. The fourth-order valence-corrected chi connectivity index (χ4v) is 4.22. The molecule has 2 N–H and O–H groups in total. The number of hydrogen-bond acceptors (Lipinski definition) is 3. The number of nitrogens with one attached hydrogen (secondary N) is 1. The molecular weight excluding hydrogens is 342 g/mol. The maximum absolute atomic E-state index is 12.4. The van der Waals surface area contributed by atoms with Gasteiger partial charge in [0.2, 0.25) is 10.0 Å². The van der Waals surface area contributed by atoms with Crippen molar-refractivity contribution >= 4 is 26.0 Å². The fourth-order valence-electron chi connectivity index (χ4n) is 2.49. The summed E-state index contributed by atoms with van der Waals surface area (Å²) in [5.74, 6) is 0. The molecule has 1 atom stereocenters. The number of hydrogen-bond donors (Lipinski definition) is 2. The third-order valence-electron chi connectivity index (χ3n) is 3.63. The van der Waals surface area contributed by atoms with Crippen LogP contribution < -0.4 is 4.72 Å². The van der Waals surface area contributed by atoms with E-state index in [4.69, 9.17) is 0 Å². The van der Waals surface area contributed by atoms with Crippen LogP contribution in [0.3, 0.4) is 0 Å². The van der Waals surface area contributed by atoms with Crippen molar-refractivity contribution in [3.8, 4) is 0 Å². The van der Waals surface area contributed by atoms with E-state index >= 15 is 0 Å². The van der Waals surface area contributed by atoms with E-state index in [1.807, 2.05) is 0 Å². The minimum atomic E-state index is -3.50. The van der Waals surface area contributed by atoms with Crippen molar-refractivity contribution in [2.24, 2.45) is 0 Å². The molecule has 20 heavy (non-hydrogen) atoms. The SMILES string of the molecule is O=S(=O)(NC1CCCCC1)c1cccc(C(O)CBr)c1. The Morgan fingerprint density at radius 2 is 2.00 bits per heavy atom. The molecule has 112 valence electrons. The van der Waals surface area contributed by atoms with Crippen molar-refractivity contribution in [1.29, 1.82) is 0 Å². The molecule has 2 rings (SSSR count). The maximum atomic E-state index is 12.4. The molecule has 6 heteroatoms. The molecule has 0 heterocycles. The van der Waals surface area contributed by atoms with Gasteiger partial charge < -0.3 is 5.11 Å². The molecule has 1 unspecified atom stereocenters. The fraction of sp³-hybridized carbons (Fsp3) is 0.571. The van der Waals surface area contributed by atoms with Gasteiger partial charge in [-0.2, -0.15) is 0 Å². The second kappa shape index (κ2) is 7.02. The molecule has 1 fully saturated rings. The van der Waals surface area contributed by atoms with E-state index in [0.717, 1.165) is 25.7 Å². The standard InChI is InChI=1S/C14H20BrNO3S/c15-10-14(17)11-5-4-8-13(9-11)20(18,19)16-12-6-2-1-3-7-12/h4-5,8-9,12,14,16-17H,1-3,6-7,10H2. The summed E-state index contributed by atoms with van der Waals surface area (Å²) < 4.78 is 27.5. The summed E-state index contributed by atoms with van der Waals surface area (Å²) in [5, 5.41) is 10.2. The summed E-state index contributed by atoms with van der Waals surface area (Å²) in [7, 11) is -3.50. The van der Waals surface area contributed by atoms with Gasteiger partial charge in [0.1, 0.15) is 0 Å². The summed E-state index contributed by atoms with van der Waals surface area (Å²) in [6, 6.07) is 6.54. The zero-order valence-corrected chi connectivity index (χ0v) is 13.7. The highest BCUT2D eigenvalue weighted by Gasteiger charge is 2.22. The number of aliphatic hydroxyl groups is 1. The highest BCUT2D eigenvalue weighted by Crippen LogP contribution is 2.22. The first-order valence-electron chi connectivity index (χ1n) is 6.89. The summed E-state index contributed by atoms with van der Waals surface area (Å²) >= 11 is 3.19. The van der Waals surface area contributed by atoms with Crippen LogP contribution >= 0.6 is 15.9 Å². The van der Waals surface area contributed by atoms with Crippen molar-refractivity contribution in [2.45, 2.75) is 49.1 Å². The van der Waals surface area contributed by atoms with Gasteiger partial charge in [0.05, 0.1) is 11.0 Å². The number of benzene rings is 1. The Hall–Kier alpha value is -0.430. The second-order valence-corrected chi connectivity index (χ2v) is 7.56. The zero-order chi connectivity index (χ0) is 14.6. The van der Waals surface area contributed by atoms with Crippen LogP contribution in [-0.2, 0) is 10.0 Å². The van der Waals surface area contributed by atoms with Crippen LogP contribution in [0.25, 0.3) is 0 Å². The predicted octanol–water partition coefficient (Wildman–Crippen LogP) is 2.73. The highest BCUT2D eigenvalue weighted by atomic mass is 79.9. The Balaban J connectivity index is 2.16. The van der Waals surface area contributed by atoms with Gasteiger partial charge in [0, 0.05) is 11.4 Å². The summed E-state index contributed by atoms with van der Waals surface area (Å²) in [4.78, 5) is 0.223. The van der Waals surface area contributed by atoms with Gasteiger partial charge in [-0.1, -0.05) is 47.3 Å². The van der Waals surface area contributed by atoms with Gasteiger partial charge in [0.25, 0.3) is 0 Å². The molecule has 4 nitrogen and oxygen atoms in total. The minimum Gasteiger partial charge on any atom is -0.388 e. The first-order valence-corrected chi connectivity index (χ1v) is 9.50. The van der Waals surface area contributed by atoms with Crippen LogP contribution in [0.1, 0.15) is 43.8 Å². The van der Waals surface area contributed by atoms with E-state index in [9.17, 15) is 13.5 Å². The average Bonchev–Trinajstić information content (AvgIpc) is 2.47. The lowest BCUT2D eigenvalue weighted by Crippen LogP contribution is -2.36. The van der Waals surface area contributed by atoms with Crippen LogP contribution in [0.5, 0.6) is 0 Å². The number of rotatable bonds is 5. The molecule has 0 bridgehead atoms. The van der Waals surface area contributed by atoms with Crippen LogP contribution in [0.2, 0.25) is 0 Å². The molecule has 1 aliphatic carbocycles. The number of sulfonamides is 1. The zero-order valence-electron chi connectivity index (χ0n) is 11.3. The van der Waals surface area contributed by atoms with Gasteiger partial charge in [-0.3, -0.25) is 0 Å². The normalized spacial score (nSPS) is 18.9. The molecule has 0 amide bonds. The molecule has 0 aromatic heterocycles. The van der Waals surface area contributed by atoms with E-state index in [0.29, 0.717) is 10.9 Å². The Morgan fingerprint density at radius 1 is 1.30 bits per heavy atom. The molecule has 1 aliphatic rings. The third kappa shape index (κ3) is 4.04. The van der Waals surface area contributed by atoms with Crippen molar-refractivity contribution in [2.75, 3.05) is 5.33 Å². The Morgan fingerprint density at radius 3 is 2.65 bits per heavy atom. The van der Waals surface area contributed by atoms with E-state index in [-0.39, 0.29) is 10.9 Å². The van der Waals surface area contributed by atoms with Crippen LogP contribution in [-0.4, -0.2) is 24.9 Å². The molecule has 1 saturated carbocycles. The van der Waals surface area contributed by atoms with Gasteiger partial charge in [-0.05, 0) is 30.5 Å². The number of halogens is 1. The van der Waals surface area contributed by atoms with Crippen molar-refractivity contribution in [1.82, 2.24) is 4.72 Å². The average molecular weight is 362 g/mol. The van der Waals surface area contributed by atoms with Crippen LogP contribution in [0, 0.1) is 0 Å². The smallest absolute Gasteiger partial charge is 0.240 e. The van der Waals surface area contributed by atoms with Crippen molar-refractivity contribution in [3.05, 3.63) is 29.8 Å². The molecule has 0 saturated heterocycles. The van der Waals surface area contributed by atoms with E-state index in [1.54, 1.807) is 18.2 Å². The quantitative estimate of drug-likeness (QED) is 0.792. The van der Waals surface area contributed by atoms with Gasteiger partial charge >= 0.3 is 0 Å². The topological polar surface area (TPSA) is 66.4 Å². The van der Waals surface area contributed by atoms with Crippen LogP contribution in [0.15, 0.2) is 29.2 Å². The van der Waals surface area contributed by atoms with Crippen molar-refractivity contribution in [3.63, 3.8) is 0 Å². The van der Waals surface area contributed by atoms with E-state index in [2.05, 4.69) is 20.7 Å². The summed E-state index contributed by atoms with van der Waals surface area (Å²) in [5.41, 5.74) is 0.605. The number of aliphatic hydroxyl groups excluding tert-OH is 1. The van der Waals surface area contributed by atoms with E-state index in [1.165, 1.54) is 12.5 Å². The monoisotopic (exact) mass is 361 g/mol. The first kappa shape index (κ1) is 15.9. The van der Waals surface area contributed by atoms with Gasteiger partial charge in [-0.25, -0.2) is 13.1 Å². The maximum Gasteiger partial charge on any atom is 0.240 e. The highest BCUT2D eigenvalue weighted by molar-refractivity contribution is 9.09. The second-order valence-electron chi connectivity index (χ2n) is 5.20. The molecule has 1 aromatic carbocycles. The molecule has 1 aromatic rings. The Kier molecular flexibility index (Phi) is 5.60. The lowest BCUT2D eigenvalue weighted by atomic mass is 9.96. The third-order valence-corrected chi connectivity index (χ3v) is 5.76. The molecular formula is C14H20BrNO3S. The Labute approximate surface area is 128 Å². The lowest BCUT2D eigenvalue weighted by molar-refractivity contribution is 0.205. The summed E-state index contributed by atoms with van der Waals surface area (Å²) in [6.45, 7) is 0. The molecule has 0 radical (unpaired) electrons. The largest absolute Gasteiger partial charge is 0.388 e. The lowest BCUT2D eigenvalue weighted by Gasteiger charge is -2.22. The van der Waals surface area contributed by atoms with Crippen molar-refractivity contribution < 1.29 is 13.5 Å². The first-order chi connectivity index (χ1) is 9.53. The Bertz CT molecular complexity index is 541. The molecule has 0 spiro atoms. The molecule has 0 aliphatic heterocycles. The van der Waals surface area contributed by atoms with Crippen LogP contribution in [0.4, 0.5) is 0 Å². The van der Waals surface area contributed by atoms with E-state index < -0.39 is 16.1 Å². The van der Waals surface area contributed by atoms with Gasteiger partial charge in [-0.15, -0.1) is 0 Å². The summed E-state index contributed by atoms with van der Waals surface area (Å²) in [6.07, 6.45) is 4.46. The predicted molar refractivity (Wildman–Crippen MR) is 82.4 cm³/mol.